The normalized spacial score (nSPS) is 20.9. The van der Waals surface area contributed by atoms with E-state index in [-0.39, 0.29) is 36.5 Å². The average molecular weight is 396 g/mol. The molecule has 0 radical (unpaired) electrons. The van der Waals surface area contributed by atoms with Crippen LogP contribution in [0, 0.1) is 0 Å². The number of ether oxygens (including phenoxy) is 1. The third-order valence-corrected chi connectivity index (χ3v) is 6.35. The van der Waals surface area contributed by atoms with E-state index in [0.29, 0.717) is 12.2 Å². The van der Waals surface area contributed by atoms with Gasteiger partial charge in [-0.2, -0.15) is 4.31 Å². The van der Waals surface area contributed by atoms with Gasteiger partial charge in [-0.05, 0) is 37.5 Å². The molecule has 0 bridgehead atoms. The Morgan fingerprint density at radius 1 is 1.37 bits per heavy atom. The highest BCUT2D eigenvalue weighted by Crippen LogP contribution is 2.20. The number of sulfonamides is 1. The van der Waals surface area contributed by atoms with E-state index in [9.17, 15) is 18.0 Å². The molecular weight excluding hydrogens is 372 g/mol. The number of hydrogen-bond acceptors (Lipinski definition) is 5. The zero-order valence-corrected chi connectivity index (χ0v) is 15.8. The summed E-state index contributed by atoms with van der Waals surface area (Å²) < 4.78 is 32.0. The molecule has 2 saturated heterocycles. The molecule has 0 aromatic heterocycles. The molecule has 3 amide bonds. The van der Waals surface area contributed by atoms with Gasteiger partial charge in [0, 0.05) is 31.9 Å². The molecule has 1 atom stereocenters. The first-order valence-corrected chi connectivity index (χ1v) is 10.4. The lowest BCUT2D eigenvalue weighted by atomic mass is 10.2. The molecule has 0 saturated carbocycles. The average Bonchev–Trinajstić information content (AvgIpc) is 3.15. The first-order chi connectivity index (χ1) is 12.9. The third kappa shape index (κ3) is 5.18. The van der Waals surface area contributed by atoms with Crippen molar-refractivity contribution in [1.82, 2.24) is 14.9 Å². The number of benzene rings is 1. The number of anilines is 1. The molecule has 2 heterocycles. The number of rotatable bonds is 6. The van der Waals surface area contributed by atoms with E-state index in [0.717, 1.165) is 30.2 Å². The second-order valence-corrected chi connectivity index (χ2v) is 8.46. The maximum absolute atomic E-state index is 12.7. The van der Waals surface area contributed by atoms with Gasteiger partial charge in [0.15, 0.2) is 0 Å². The van der Waals surface area contributed by atoms with E-state index in [1.807, 2.05) is 0 Å². The summed E-state index contributed by atoms with van der Waals surface area (Å²) in [6.45, 7) is 1.55. The number of piperazine rings is 1. The van der Waals surface area contributed by atoms with Gasteiger partial charge in [-0.25, -0.2) is 13.2 Å². The summed E-state index contributed by atoms with van der Waals surface area (Å²) in [5, 5.41) is 7.97. The van der Waals surface area contributed by atoms with E-state index in [2.05, 4.69) is 16.0 Å². The van der Waals surface area contributed by atoms with Crippen LogP contribution in [-0.4, -0.2) is 63.6 Å². The van der Waals surface area contributed by atoms with Crippen LogP contribution in [0.2, 0.25) is 0 Å². The van der Waals surface area contributed by atoms with Crippen molar-refractivity contribution >= 4 is 27.6 Å². The summed E-state index contributed by atoms with van der Waals surface area (Å²) in [6.07, 6.45) is 3.01. The summed E-state index contributed by atoms with van der Waals surface area (Å²) in [7, 11) is -3.80. The fourth-order valence-electron chi connectivity index (χ4n) is 3.10. The van der Waals surface area contributed by atoms with Gasteiger partial charge < -0.3 is 20.7 Å². The summed E-state index contributed by atoms with van der Waals surface area (Å²) in [5.41, 5.74) is 0.368. The van der Waals surface area contributed by atoms with Gasteiger partial charge in [0.1, 0.15) is 0 Å². The van der Waals surface area contributed by atoms with Crippen molar-refractivity contribution in [2.24, 2.45) is 0 Å². The predicted octanol–water partition coefficient (Wildman–Crippen LogP) is 0.498. The number of urea groups is 1. The van der Waals surface area contributed by atoms with Crippen LogP contribution in [0.4, 0.5) is 10.5 Å². The first kappa shape index (κ1) is 19.6. The van der Waals surface area contributed by atoms with E-state index < -0.39 is 16.1 Å². The molecule has 2 fully saturated rings. The van der Waals surface area contributed by atoms with E-state index in [1.165, 1.54) is 12.1 Å². The van der Waals surface area contributed by atoms with Gasteiger partial charge in [0.25, 0.3) is 0 Å². The number of nitrogens with zero attached hydrogens (tertiary/aromatic N) is 1. The lowest BCUT2D eigenvalue weighted by Crippen LogP contribution is -2.49. The van der Waals surface area contributed by atoms with Crippen LogP contribution in [0.5, 0.6) is 0 Å². The minimum Gasteiger partial charge on any atom is -0.378 e. The number of carbonyl (C=O) groups is 2. The molecule has 0 aliphatic carbocycles. The highest BCUT2D eigenvalue weighted by Gasteiger charge is 2.29. The highest BCUT2D eigenvalue weighted by molar-refractivity contribution is 7.89. The van der Waals surface area contributed by atoms with Gasteiger partial charge in [0.2, 0.25) is 15.9 Å². The molecule has 27 heavy (non-hydrogen) atoms. The van der Waals surface area contributed by atoms with Crippen molar-refractivity contribution in [2.75, 3.05) is 38.1 Å². The van der Waals surface area contributed by atoms with E-state index in [1.54, 1.807) is 12.1 Å². The van der Waals surface area contributed by atoms with Gasteiger partial charge in [-0.1, -0.05) is 6.07 Å². The van der Waals surface area contributed by atoms with Crippen molar-refractivity contribution < 1.29 is 22.7 Å². The Labute approximate surface area is 158 Å². The Morgan fingerprint density at radius 2 is 2.22 bits per heavy atom. The number of carbonyl (C=O) groups excluding carboxylic acids is 2. The Kier molecular flexibility index (Phi) is 6.30. The molecule has 148 valence electrons. The van der Waals surface area contributed by atoms with Crippen LogP contribution < -0.4 is 16.0 Å². The summed E-state index contributed by atoms with van der Waals surface area (Å²) in [4.78, 5) is 23.5. The zero-order chi connectivity index (χ0) is 19.3. The van der Waals surface area contributed by atoms with Crippen molar-refractivity contribution in [3.8, 4) is 0 Å². The Balaban J connectivity index is 1.57. The molecule has 2 aliphatic rings. The second kappa shape index (κ2) is 8.68. The van der Waals surface area contributed by atoms with Crippen molar-refractivity contribution in [3.05, 3.63) is 24.3 Å². The van der Waals surface area contributed by atoms with E-state index >= 15 is 0 Å². The van der Waals surface area contributed by atoms with Gasteiger partial charge >= 0.3 is 6.03 Å². The predicted molar refractivity (Wildman–Crippen MR) is 98.8 cm³/mol. The molecular formula is C17H24N4O5S. The van der Waals surface area contributed by atoms with Gasteiger partial charge in [-0.15, -0.1) is 0 Å². The molecule has 1 aromatic carbocycles. The Bertz CT molecular complexity index is 792. The van der Waals surface area contributed by atoms with Gasteiger partial charge in [-0.3, -0.25) is 4.79 Å². The largest absolute Gasteiger partial charge is 0.378 e. The molecule has 9 nitrogen and oxygen atoms in total. The fourth-order valence-corrected chi connectivity index (χ4v) is 4.54. The topological polar surface area (TPSA) is 117 Å². The van der Waals surface area contributed by atoms with Crippen LogP contribution in [0.25, 0.3) is 0 Å². The third-order valence-electron chi connectivity index (χ3n) is 4.51. The number of hydrogen-bond donors (Lipinski definition) is 3. The monoisotopic (exact) mass is 396 g/mol. The molecule has 2 aliphatic heterocycles. The smallest absolute Gasteiger partial charge is 0.319 e. The minimum absolute atomic E-state index is 0.0364. The quantitative estimate of drug-likeness (QED) is 0.647. The second-order valence-electron chi connectivity index (χ2n) is 6.52. The lowest BCUT2D eigenvalue weighted by molar-refractivity contribution is -0.122. The number of nitrogens with one attached hydrogen (secondary N) is 3. The Morgan fingerprint density at radius 3 is 2.96 bits per heavy atom. The van der Waals surface area contributed by atoms with E-state index in [4.69, 9.17) is 4.74 Å². The van der Waals surface area contributed by atoms with Crippen molar-refractivity contribution in [1.29, 1.82) is 0 Å². The standard InChI is InChI=1S/C17H24N4O5S/c22-16-12-21(9-8-18-16)27(24,25)15-5-1-3-13(11-15)20-17(23)19-7-6-14-4-2-10-26-14/h1,3,5,11,14H,2,4,6-10,12H2,(H,18,22)(H2,19,20,23)/t14-/m0/s1. The van der Waals surface area contributed by atoms with Crippen LogP contribution in [0.3, 0.4) is 0 Å². The van der Waals surface area contributed by atoms with Crippen molar-refractivity contribution in [3.63, 3.8) is 0 Å². The first-order valence-electron chi connectivity index (χ1n) is 8.98. The van der Waals surface area contributed by atoms with Crippen molar-refractivity contribution in [2.45, 2.75) is 30.3 Å². The molecule has 0 spiro atoms. The number of amides is 3. The SMILES string of the molecule is O=C1CN(S(=O)(=O)c2cccc(NC(=O)NCC[C@@H]3CCCO3)c2)CCN1. The minimum atomic E-state index is -3.80. The molecule has 3 N–H and O–H groups in total. The van der Waals surface area contributed by atoms with Crippen LogP contribution in [0.15, 0.2) is 29.2 Å². The van der Waals surface area contributed by atoms with Crippen LogP contribution in [-0.2, 0) is 19.6 Å². The maximum atomic E-state index is 12.7. The van der Waals surface area contributed by atoms with Crippen LogP contribution in [0.1, 0.15) is 19.3 Å². The molecule has 1 aromatic rings. The maximum Gasteiger partial charge on any atom is 0.319 e. The lowest BCUT2D eigenvalue weighted by Gasteiger charge is -2.26. The fraction of sp³-hybridized carbons (Fsp3) is 0.529. The summed E-state index contributed by atoms with van der Waals surface area (Å²) >= 11 is 0. The molecule has 0 unspecified atom stereocenters. The van der Waals surface area contributed by atoms with Crippen LogP contribution >= 0.6 is 0 Å². The summed E-state index contributed by atoms with van der Waals surface area (Å²) in [6, 6.07) is 5.60. The highest BCUT2D eigenvalue weighted by atomic mass is 32.2. The molecule has 10 heteroatoms. The molecule has 3 rings (SSSR count). The summed E-state index contributed by atoms with van der Waals surface area (Å²) in [5.74, 6) is -0.329. The zero-order valence-electron chi connectivity index (χ0n) is 14.9. The Hall–Kier alpha value is -2.17. The van der Waals surface area contributed by atoms with Gasteiger partial charge in [0.05, 0.1) is 17.5 Å².